The monoisotopic (exact) mass is 352 g/mol. The molecule has 3 amide bonds. The van der Waals surface area contributed by atoms with E-state index in [0.717, 1.165) is 0 Å². The topological polar surface area (TPSA) is 128 Å². The molecule has 3 aliphatic rings. The SMILES string of the molecule is O=C(N[C@@H]1CNC[C@H]1F)[C@@H]1CC[C@@H]2CN1C(=O)N2OS(=O)(=O)O. The highest BCUT2D eigenvalue weighted by Gasteiger charge is 2.49. The highest BCUT2D eigenvalue weighted by atomic mass is 32.3. The molecule has 0 aromatic carbocycles. The molecule has 3 rings (SSSR count). The summed E-state index contributed by atoms with van der Waals surface area (Å²) in [5.74, 6) is -0.484. The van der Waals surface area contributed by atoms with Gasteiger partial charge in [0.05, 0.1) is 12.1 Å². The minimum Gasteiger partial charge on any atom is -0.347 e. The number of fused-ring (bicyclic) bond motifs is 2. The van der Waals surface area contributed by atoms with Crippen LogP contribution in [0.5, 0.6) is 0 Å². The van der Waals surface area contributed by atoms with E-state index >= 15 is 0 Å². The van der Waals surface area contributed by atoms with Crippen LogP contribution >= 0.6 is 0 Å². The lowest BCUT2D eigenvalue weighted by atomic mass is 10.00. The third kappa shape index (κ3) is 3.24. The molecule has 0 aromatic rings. The number of alkyl halides is 1. The van der Waals surface area contributed by atoms with Crippen LogP contribution in [-0.2, 0) is 19.5 Å². The smallest absolute Gasteiger partial charge is 0.347 e. The minimum absolute atomic E-state index is 0.106. The molecule has 3 heterocycles. The normalized spacial score (nSPS) is 34.1. The summed E-state index contributed by atoms with van der Waals surface area (Å²) in [5, 5.41) is 5.95. The zero-order valence-corrected chi connectivity index (χ0v) is 12.8. The van der Waals surface area contributed by atoms with Crippen LogP contribution in [0.25, 0.3) is 0 Å². The maximum Gasteiger partial charge on any atom is 0.418 e. The van der Waals surface area contributed by atoms with Crippen LogP contribution in [0.15, 0.2) is 0 Å². The van der Waals surface area contributed by atoms with E-state index in [0.29, 0.717) is 24.4 Å². The Labute approximate surface area is 131 Å². The number of hydrogen-bond acceptors (Lipinski definition) is 6. The van der Waals surface area contributed by atoms with Gasteiger partial charge in [-0.15, -0.1) is 4.28 Å². The minimum atomic E-state index is -4.82. The molecule has 0 spiro atoms. The van der Waals surface area contributed by atoms with Crippen molar-refractivity contribution in [1.82, 2.24) is 20.6 Å². The standard InChI is InChI=1S/C11H17FN4O6S/c12-7-3-13-4-8(7)14-10(17)9-2-1-6-5-15(9)11(18)16(6)22-23(19,20)21/h6-9,13H,1-5H2,(H,14,17)(H,19,20,21)/t6-,7-,8-,9+/m1/s1. The predicted molar refractivity (Wildman–Crippen MR) is 73.1 cm³/mol. The molecule has 3 fully saturated rings. The Bertz CT molecular complexity index is 616. The summed E-state index contributed by atoms with van der Waals surface area (Å²) in [6.07, 6.45) is -0.563. The van der Waals surface area contributed by atoms with Crippen LogP contribution in [0.3, 0.4) is 0 Å². The Balaban J connectivity index is 1.67. The van der Waals surface area contributed by atoms with Crippen LogP contribution in [-0.4, -0.2) is 78.8 Å². The first kappa shape index (κ1) is 16.4. The molecule has 130 valence electrons. The Morgan fingerprint density at radius 2 is 2.13 bits per heavy atom. The molecule has 0 radical (unpaired) electrons. The summed E-state index contributed by atoms with van der Waals surface area (Å²) in [6.45, 7) is 0.582. The quantitative estimate of drug-likeness (QED) is 0.521. The molecular weight excluding hydrogens is 335 g/mol. The summed E-state index contributed by atoms with van der Waals surface area (Å²) in [6, 6.07) is -2.84. The zero-order chi connectivity index (χ0) is 16.8. The fraction of sp³-hybridized carbons (Fsp3) is 0.818. The highest BCUT2D eigenvalue weighted by Crippen LogP contribution is 2.30. The largest absolute Gasteiger partial charge is 0.418 e. The van der Waals surface area contributed by atoms with Gasteiger partial charge >= 0.3 is 16.4 Å². The van der Waals surface area contributed by atoms with Gasteiger partial charge in [0.25, 0.3) is 0 Å². The molecule has 2 bridgehead atoms. The van der Waals surface area contributed by atoms with E-state index < -0.39 is 46.6 Å². The van der Waals surface area contributed by atoms with Crippen molar-refractivity contribution in [2.45, 2.75) is 37.1 Å². The summed E-state index contributed by atoms with van der Waals surface area (Å²) >= 11 is 0. The first-order valence-electron chi connectivity index (χ1n) is 7.18. The lowest BCUT2D eigenvalue weighted by Crippen LogP contribution is -2.53. The molecule has 23 heavy (non-hydrogen) atoms. The van der Waals surface area contributed by atoms with E-state index in [2.05, 4.69) is 14.9 Å². The first-order valence-corrected chi connectivity index (χ1v) is 8.55. The number of halogens is 1. The second-order valence-corrected chi connectivity index (χ2v) is 6.80. The van der Waals surface area contributed by atoms with Gasteiger partial charge < -0.3 is 15.5 Å². The number of hydroxylamine groups is 2. The average molecular weight is 352 g/mol. The molecule has 0 unspecified atom stereocenters. The number of rotatable bonds is 4. The van der Waals surface area contributed by atoms with Crippen LogP contribution in [0, 0.1) is 0 Å². The second kappa shape index (κ2) is 5.85. The molecule has 0 aromatic heterocycles. The number of piperidine rings is 1. The Kier molecular flexibility index (Phi) is 4.16. The van der Waals surface area contributed by atoms with Crippen molar-refractivity contribution in [1.29, 1.82) is 0 Å². The van der Waals surface area contributed by atoms with E-state index in [1.807, 2.05) is 0 Å². The summed E-state index contributed by atoms with van der Waals surface area (Å²) < 4.78 is 48.1. The van der Waals surface area contributed by atoms with E-state index in [1.165, 1.54) is 4.90 Å². The number of carbonyl (C=O) groups excluding carboxylic acids is 2. The van der Waals surface area contributed by atoms with Gasteiger partial charge in [-0.3, -0.25) is 9.35 Å². The van der Waals surface area contributed by atoms with Gasteiger partial charge in [-0.2, -0.15) is 13.5 Å². The lowest BCUT2D eigenvalue weighted by molar-refractivity contribution is -0.127. The van der Waals surface area contributed by atoms with E-state index in [-0.39, 0.29) is 13.1 Å². The van der Waals surface area contributed by atoms with Gasteiger partial charge in [0.15, 0.2) is 0 Å². The maximum absolute atomic E-state index is 13.5. The fourth-order valence-electron chi connectivity index (χ4n) is 3.17. The molecule has 3 N–H and O–H groups in total. The van der Waals surface area contributed by atoms with Crippen molar-refractivity contribution in [3.05, 3.63) is 0 Å². The third-order valence-corrected chi connectivity index (χ3v) is 4.62. The van der Waals surface area contributed by atoms with Crippen molar-refractivity contribution < 1.29 is 31.2 Å². The van der Waals surface area contributed by atoms with Gasteiger partial charge in [0.1, 0.15) is 12.2 Å². The van der Waals surface area contributed by atoms with Crippen molar-refractivity contribution in [2.24, 2.45) is 0 Å². The second-order valence-electron chi connectivity index (χ2n) is 5.80. The summed E-state index contributed by atoms with van der Waals surface area (Å²) in [7, 11) is -4.82. The van der Waals surface area contributed by atoms with E-state index in [4.69, 9.17) is 4.55 Å². The predicted octanol–water partition coefficient (Wildman–Crippen LogP) is -1.58. The Morgan fingerprint density at radius 1 is 1.39 bits per heavy atom. The molecule has 0 saturated carbocycles. The van der Waals surface area contributed by atoms with Crippen molar-refractivity contribution in [3.8, 4) is 0 Å². The van der Waals surface area contributed by atoms with Gasteiger partial charge in [-0.05, 0) is 12.8 Å². The van der Waals surface area contributed by atoms with Crippen LogP contribution < -0.4 is 10.6 Å². The highest BCUT2D eigenvalue weighted by molar-refractivity contribution is 7.80. The number of nitrogens with one attached hydrogen (secondary N) is 2. The molecule has 0 aliphatic carbocycles. The van der Waals surface area contributed by atoms with E-state index in [1.54, 1.807) is 0 Å². The van der Waals surface area contributed by atoms with Gasteiger partial charge in [0, 0.05) is 19.6 Å². The number of carbonyl (C=O) groups is 2. The van der Waals surface area contributed by atoms with Gasteiger partial charge in [-0.1, -0.05) is 0 Å². The molecule has 3 saturated heterocycles. The van der Waals surface area contributed by atoms with Crippen molar-refractivity contribution in [2.75, 3.05) is 19.6 Å². The Morgan fingerprint density at radius 3 is 2.74 bits per heavy atom. The van der Waals surface area contributed by atoms with Crippen LogP contribution in [0.4, 0.5) is 9.18 Å². The molecule has 10 nitrogen and oxygen atoms in total. The zero-order valence-electron chi connectivity index (χ0n) is 12.0. The van der Waals surface area contributed by atoms with Crippen molar-refractivity contribution in [3.63, 3.8) is 0 Å². The summed E-state index contributed by atoms with van der Waals surface area (Å²) in [5.41, 5.74) is 0. The molecule has 12 heteroatoms. The summed E-state index contributed by atoms with van der Waals surface area (Å²) in [4.78, 5) is 25.6. The Hall–Kier alpha value is -1.50. The van der Waals surface area contributed by atoms with Gasteiger partial charge in [0.2, 0.25) is 5.91 Å². The van der Waals surface area contributed by atoms with Crippen LogP contribution in [0.1, 0.15) is 12.8 Å². The third-order valence-electron chi connectivity index (χ3n) is 4.27. The number of nitrogens with zero attached hydrogens (tertiary/aromatic N) is 2. The maximum atomic E-state index is 13.5. The van der Waals surface area contributed by atoms with Crippen LogP contribution in [0.2, 0.25) is 0 Å². The number of amides is 3. The van der Waals surface area contributed by atoms with Crippen molar-refractivity contribution >= 4 is 22.3 Å². The number of hydrogen-bond donors (Lipinski definition) is 3. The lowest BCUT2D eigenvalue weighted by Gasteiger charge is -2.30. The molecule has 3 aliphatic heterocycles. The number of urea groups is 1. The first-order chi connectivity index (χ1) is 10.8. The molecular formula is C11H17FN4O6S. The fourth-order valence-corrected chi connectivity index (χ4v) is 3.56. The average Bonchev–Trinajstić information content (AvgIpc) is 2.96. The van der Waals surface area contributed by atoms with Gasteiger partial charge in [-0.25, -0.2) is 9.18 Å². The van der Waals surface area contributed by atoms with E-state index in [9.17, 15) is 22.4 Å². The molecule has 4 atom stereocenters.